The normalized spacial score (nSPS) is 18.9. The molecule has 1 amide bonds. The second kappa shape index (κ2) is 6.42. The Kier molecular flexibility index (Phi) is 4.54. The zero-order valence-electron chi connectivity index (χ0n) is 12.8. The Bertz CT molecular complexity index is 664. The third kappa shape index (κ3) is 3.20. The Balaban J connectivity index is 1.72. The molecule has 0 saturated carbocycles. The predicted molar refractivity (Wildman–Crippen MR) is 89.9 cm³/mol. The van der Waals surface area contributed by atoms with Crippen LogP contribution in [0.2, 0.25) is 5.02 Å². The van der Waals surface area contributed by atoms with E-state index in [-0.39, 0.29) is 5.91 Å². The molecule has 1 saturated heterocycles. The SMILES string of the molecule is CC(C)c1csc([C@@H]2CCCN(C(=O)c3cc(Cl)c[nH]3)C2)n1. The summed E-state index contributed by atoms with van der Waals surface area (Å²) in [4.78, 5) is 22.1. The van der Waals surface area contributed by atoms with Crippen LogP contribution in [0.4, 0.5) is 0 Å². The van der Waals surface area contributed by atoms with Crippen molar-refractivity contribution in [3.8, 4) is 0 Å². The summed E-state index contributed by atoms with van der Waals surface area (Å²) in [6, 6.07) is 1.69. The van der Waals surface area contributed by atoms with Crippen molar-refractivity contribution in [2.24, 2.45) is 0 Å². The number of carbonyl (C=O) groups is 1. The molecule has 0 unspecified atom stereocenters. The van der Waals surface area contributed by atoms with Crippen molar-refractivity contribution in [3.05, 3.63) is 39.1 Å². The first kappa shape index (κ1) is 15.6. The second-order valence-electron chi connectivity index (χ2n) is 6.09. The highest BCUT2D eigenvalue weighted by atomic mass is 35.5. The molecule has 0 aromatic carbocycles. The number of amides is 1. The summed E-state index contributed by atoms with van der Waals surface area (Å²) < 4.78 is 0. The number of carbonyl (C=O) groups excluding carboxylic acids is 1. The summed E-state index contributed by atoms with van der Waals surface area (Å²) in [6.07, 6.45) is 3.76. The quantitative estimate of drug-likeness (QED) is 0.909. The maximum absolute atomic E-state index is 12.5. The van der Waals surface area contributed by atoms with Crippen LogP contribution < -0.4 is 0 Å². The van der Waals surface area contributed by atoms with Gasteiger partial charge in [0.15, 0.2) is 0 Å². The van der Waals surface area contributed by atoms with Crippen molar-refractivity contribution in [3.63, 3.8) is 0 Å². The van der Waals surface area contributed by atoms with Gasteiger partial charge in [-0.2, -0.15) is 0 Å². The highest BCUT2D eigenvalue weighted by Gasteiger charge is 2.28. The van der Waals surface area contributed by atoms with Gasteiger partial charge in [0.25, 0.3) is 5.91 Å². The first-order valence-electron chi connectivity index (χ1n) is 7.63. The number of halogens is 1. The molecular formula is C16H20ClN3OS. The van der Waals surface area contributed by atoms with Gasteiger partial charge in [-0.3, -0.25) is 4.79 Å². The maximum Gasteiger partial charge on any atom is 0.270 e. The van der Waals surface area contributed by atoms with Gasteiger partial charge >= 0.3 is 0 Å². The number of aromatic nitrogens is 2. The number of rotatable bonds is 3. The van der Waals surface area contributed by atoms with Crippen molar-refractivity contribution < 1.29 is 4.79 Å². The summed E-state index contributed by atoms with van der Waals surface area (Å²) in [5.74, 6) is 0.824. The van der Waals surface area contributed by atoms with E-state index in [1.54, 1.807) is 23.6 Å². The largest absolute Gasteiger partial charge is 0.356 e. The number of likely N-dealkylation sites (tertiary alicyclic amines) is 1. The number of hydrogen-bond acceptors (Lipinski definition) is 3. The summed E-state index contributed by atoms with van der Waals surface area (Å²) >= 11 is 7.61. The lowest BCUT2D eigenvalue weighted by Crippen LogP contribution is -2.39. The van der Waals surface area contributed by atoms with Crippen LogP contribution in [-0.2, 0) is 0 Å². The third-order valence-electron chi connectivity index (χ3n) is 4.07. The molecule has 3 heterocycles. The van der Waals surface area contributed by atoms with Crippen LogP contribution in [-0.4, -0.2) is 33.9 Å². The van der Waals surface area contributed by atoms with E-state index in [4.69, 9.17) is 16.6 Å². The number of nitrogens with zero attached hydrogens (tertiary/aromatic N) is 2. The Morgan fingerprint density at radius 3 is 3.00 bits per heavy atom. The van der Waals surface area contributed by atoms with Crippen molar-refractivity contribution in [2.45, 2.75) is 38.5 Å². The Labute approximate surface area is 139 Å². The molecule has 4 nitrogen and oxygen atoms in total. The van der Waals surface area contributed by atoms with Crippen molar-refractivity contribution in [1.29, 1.82) is 0 Å². The molecule has 2 aromatic heterocycles. The Hall–Kier alpha value is -1.33. The van der Waals surface area contributed by atoms with Crippen LogP contribution in [0.1, 0.15) is 59.7 Å². The molecule has 1 aliphatic heterocycles. The molecular weight excluding hydrogens is 318 g/mol. The van der Waals surface area contributed by atoms with Crippen LogP contribution in [0, 0.1) is 0 Å². The van der Waals surface area contributed by atoms with Gasteiger partial charge in [0.05, 0.1) is 15.7 Å². The zero-order valence-corrected chi connectivity index (χ0v) is 14.4. The molecule has 0 radical (unpaired) electrons. The molecule has 1 aliphatic rings. The fourth-order valence-corrected chi connectivity index (χ4v) is 4.05. The highest BCUT2D eigenvalue weighted by molar-refractivity contribution is 7.09. The minimum atomic E-state index is 0.0252. The molecule has 22 heavy (non-hydrogen) atoms. The van der Waals surface area contributed by atoms with Gasteiger partial charge in [0.2, 0.25) is 0 Å². The lowest BCUT2D eigenvalue weighted by Gasteiger charge is -2.31. The second-order valence-corrected chi connectivity index (χ2v) is 7.41. The first-order chi connectivity index (χ1) is 10.5. The van der Waals surface area contributed by atoms with Gasteiger partial charge < -0.3 is 9.88 Å². The monoisotopic (exact) mass is 337 g/mol. The Morgan fingerprint density at radius 1 is 1.55 bits per heavy atom. The fraction of sp³-hybridized carbons (Fsp3) is 0.500. The van der Waals surface area contributed by atoms with Crippen LogP contribution in [0.25, 0.3) is 0 Å². The van der Waals surface area contributed by atoms with E-state index in [1.165, 1.54) is 0 Å². The van der Waals surface area contributed by atoms with Crippen molar-refractivity contribution >= 4 is 28.8 Å². The van der Waals surface area contributed by atoms with E-state index < -0.39 is 0 Å². The molecule has 0 spiro atoms. The Morgan fingerprint density at radius 2 is 2.36 bits per heavy atom. The lowest BCUT2D eigenvalue weighted by molar-refractivity contribution is 0.0701. The van der Waals surface area contributed by atoms with Gasteiger partial charge in [-0.25, -0.2) is 4.98 Å². The molecule has 3 rings (SSSR count). The topological polar surface area (TPSA) is 49.0 Å². The van der Waals surface area contributed by atoms with Crippen LogP contribution >= 0.6 is 22.9 Å². The van der Waals surface area contributed by atoms with E-state index in [2.05, 4.69) is 24.2 Å². The summed E-state index contributed by atoms with van der Waals surface area (Å²) in [5.41, 5.74) is 1.72. The summed E-state index contributed by atoms with van der Waals surface area (Å²) in [5, 5.41) is 3.87. The van der Waals surface area contributed by atoms with Crippen LogP contribution in [0.15, 0.2) is 17.6 Å². The number of thiazole rings is 1. The maximum atomic E-state index is 12.5. The molecule has 1 N–H and O–H groups in total. The van der Waals surface area contributed by atoms with Crippen LogP contribution in [0.5, 0.6) is 0 Å². The molecule has 1 fully saturated rings. The van der Waals surface area contributed by atoms with E-state index in [1.807, 2.05) is 4.90 Å². The lowest BCUT2D eigenvalue weighted by atomic mass is 9.98. The average Bonchev–Trinajstić information content (AvgIpc) is 3.15. The highest BCUT2D eigenvalue weighted by Crippen LogP contribution is 2.31. The molecule has 0 bridgehead atoms. The smallest absolute Gasteiger partial charge is 0.270 e. The molecule has 0 aliphatic carbocycles. The number of hydrogen-bond donors (Lipinski definition) is 1. The van der Waals surface area contributed by atoms with E-state index in [9.17, 15) is 4.79 Å². The van der Waals surface area contributed by atoms with Crippen LogP contribution in [0.3, 0.4) is 0 Å². The molecule has 1 atom stereocenters. The summed E-state index contributed by atoms with van der Waals surface area (Å²) in [7, 11) is 0. The van der Waals surface area contributed by atoms with E-state index in [0.29, 0.717) is 22.6 Å². The molecule has 118 valence electrons. The fourth-order valence-electron chi connectivity index (χ4n) is 2.78. The van der Waals surface area contributed by atoms with Gasteiger partial charge in [0.1, 0.15) is 5.69 Å². The van der Waals surface area contributed by atoms with Gasteiger partial charge in [-0.15, -0.1) is 11.3 Å². The minimum Gasteiger partial charge on any atom is -0.356 e. The van der Waals surface area contributed by atoms with E-state index >= 15 is 0 Å². The predicted octanol–water partition coefficient (Wildman–Crippen LogP) is 4.27. The standard InChI is InChI=1S/C16H20ClN3OS/c1-10(2)14-9-22-15(19-14)11-4-3-5-20(8-11)16(21)13-6-12(17)7-18-13/h6-7,9-11,18H,3-5,8H2,1-2H3/t11-/m1/s1. The van der Waals surface area contributed by atoms with Crippen molar-refractivity contribution in [2.75, 3.05) is 13.1 Å². The van der Waals surface area contributed by atoms with Gasteiger partial charge in [0, 0.05) is 30.6 Å². The van der Waals surface area contributed by atoms with E-state index in [0.717, 1.165) is 36.6 Å². The molecule has 2 aromatic rings. The number of H-pyrrole nitrogens is 1. The molecule has 6 heteroatoms. The number of aromatic amines is 1. The van der Waals surface area contributed by atoms with Crippen molar-refractivity contribution in [1.82, 2.24) is 14.9 Å². The van der Waals surface area contributed by atoms with Gasteiger partial charge in [-0.1, -0.05) is 25.4 Å². The minimum absolute atomic E-state index is 0.0252. The summed E-state index contributed by atoms with van der Waals surface area (Å²) in [6.45, 7) is 5.85. The first-order valence-corrected chi connectivity index (χ1v) is 8.89. The third-order valence-corrected chi connectivity index (χ3v) is 5.31. The number of piperidine rings is 1. The van der Waals surface area contributed by atoms with Gasteiger partial charge in [-0.05, 0) is 24.8 Å². The average molecular weight is 338 g/mol. The number of nitrogens with one attached hydrogen (secondary N) is 1. The zero-order chi connectivity index (χ0) is 15.7.